The van der Waals surface area contributed by atoms with Gasteiger partial charge in [-0.2, -0.15) is 0 Å². The van der Waals surface area contributed by atoms with E-state index in [0.29, 0.717) is 11.6 Å². The Morgan fingerprint density at radius 3 is 2.78 bits per heavy atom. The number of anilines is 1. The van der Waals surface area contributed by atoms with Crippen LogP contribution in [0.4, 0.5) is 5.82 Å². The summed E-state index contributed by atoms with van der Waals surface area (Å²) in [5.74, 6) is 1.16. The van der Waals surface area contributed by atoms with Gasteiger partial charge in [0.05, 0.1) is 9.26 Å². The van der Waals surface area contributed by atoms with Gasteiger partial charge in [-0.3, -0.25) is 4.98 Å². The van der Waals surface area contributed by atoms with Crippen LogP contribution in [0.3, 0.4) is 0 Å². The van der Waals surface area contributed by atoms with Gasteiger partial charge in [-0.25, -0.2) is 9.97 Å². The molecule has 0 bridgehead atoms. The zero-order valence-electron chi connectivity index (χ0n) is 9.82. The topological polar surface area (TPSA) is 64.7 Å². The Labute approximate surface area is 128 Å². The number of nitrogens with two attached hydrogens (primary N) is 1. The van der Waals surface area contributed by atoms with Crippen molar-refractivity contribution in [2.45, 2.75) is 19.8 Å². The lowest BCUT2D eigenvalue weighted by Gasteiger charge is -2.08. The first-order valence-electron chi connectivity index (χ1n) is 5.54. The molecule has 2 heterocycles. The van der Waals surface area contributed by atoms with Crippen LogP contribution in [0.1, 0.15) is 19.0 Å². The maximum absolute atomic E-state index is 5.94. The van der Waals surface area contributed by atoms with Crippen molar-refractivity contribution in [1.82, 2.24) is 15.0 Å². The molecule has 0 radical (unpaired) electrons. The average Bonchev–Trinajstić information content (AvgIpc) is 2.35. The summed E-state index contributed by atoms with van der Waals surface area (Å²) in [6.45, 7) is 2.12. The normalized spacial score (nSPS) is 10.6. The maximum atomic E-state index is 5.94. The van der Waals surface area contributed by atoms with E-state index in [1.54, 1.807) is 12.4 Å². The molecule has 0 aromatic carbocycles. The second-order valence-corrected chi connectivity index (χ2v) is 5.83. The van der Waals surface area contributed by atoms with Gasteiger partial charge in [0.1, 0.15) is 5.82 Å². The van der Waals surface area contributed by atoms with Crippen molar-refractivity contribution in [2.24, 2.45) is 0 Å². The number of aromatic nitrogens is 3. The van der Waals surface area contributed by atoms with Crippen molar-refractivity contribution in [3.8, 4) is 11.4 Å². The van der Waals surface area contributed by atoms with E-state index >= 15 is 0 Å². The van der Waals surface area contributed by atoms with Crippen LogP contribution in [-0.4, -0.2) is 15.0 Å². The van der Waals surface area contributed by atoms with Gasteiger partial charge in [-0.15, -0.1) is 0 Å². The molecule has 0 spiro atoms. The first-order chi connectivity index (χ1) is 8.61. The Kier molecular flexibility index (Phi) is 4.50. The van der Waals surface area contributed by atoms with Crippen LogP contribution in [0.15, 0.2) is 22.9 Å². The molecule has 2 aromatic heterocycles. The molecule has 0 saturated heterocycles. The lowest BCUT2D eigenvalue weighted by Crippen LogP contribution is -2.05. The number of pyridine rings is 1. The monoisotopic (exact) mass is 418 g/mol. The molecule has 0 aliphatic rings. The second-order valence-electron chi connectivity index (χ2n) is 3.83. The van der Waals surface area contributed by atoms with E-state index in [0.717, 1.165) is 32.1 Å². The van der Waals surface area contributed by atoms with Crippen molar-refractivity contribution in [3.05, 3.63) is 32.2 Å². The highest BCUT2D eigenvalue weighted by atomic mass is 127. The van der Waals surface area contributed by atoms with Gasteiger partial charge in [0.15, 0.2) is 5.82 Å². The second kappa shape index (κ2) is 5.92. The summed E-state index contributed by atoms with van der Waals surface area (Å²) < 4.78 is 1.85. The molecule has 0 amide bonds. The predicted molar refractivity (Wildman–Crippen MR) is 84.1 cm³/mol. The summed E-state index contributed by atoms with van der Waals surface area (Å²) in [6.07, 6.45) is 5.40. The molecule has 18 heavy (non-hydrogen) atoms. The number of aryl methyl sites for hydroxylation is 1. The highest BCUT2D eigenvalue weighted by Gasteiger charge is 2.11. The van der Waals surface area contributed by atoms with Crippen molar-refractivity contribution in [2.75, 3.05) is 5.73 Å². The first-order valence-corrected chi connectivity index (χ1v) is 7.41. The van der Waals surface area contributed by atoms with E-state index in [1.807, 2.05) is 6.07 Å². The van der Waals surface area contributed by atoms with Crippen molar-refractivity contribution >= 4 is 44.3 Å². The number of halogens is 2. The van der Waals surface area contributed by atoms with Crippen LogP contribution >= 0.6 is 38.5 Å². The van der Waals surface area contributed by atoms with Gasteiger partial charge in [0.25, 0.3) is 0 Å². The summed E-state index contributed by atoms with van der Waals surface area (Å²) in [6, 6.07) is 1.93. The molecule has 0 aliphatic carbocycles. The smallest absolute Gasteiger partial charge is 0.163 e. The van der Waals surface area contributed by atoms with Crippen molar-refractivity contribution < 1.29 is 0 Å². The highest BCUT2D eigenvalue weighted by molar-refractivity contribution is 14.1. The number of hydrogen-bond donors (Lipinski definition) is 1. The lowest BCUT2D eigenvalue weighted by molar-refractivity contribution is 0.869. The number of nitrogen functional groups attached to an aromatic ring is 1. The van der Waals surface area contributed by atoms with E-state index in [2.05, 4.69) is 60.4 Å². The highest BCUT2D eigenvalue weighted by Crippen LogP contribution is 2.24. The number of hydrogen-bond acceptors (Lipinski definition) is 4. The third-order valence-electron chi connectivity index (χ3n) is 2.40. The molecule has 4 nitrogen and oxygen atoms in total. The largest absolute Gasteiger partial charge is 0.383 e. The Bertz CT molecular complexity index is 574. The van der Waals surface area contributed by atoms with Crippen LogP contribution in [0.5, 0.6) is 0 Å². The summed E-state index contributed by atoms with van der Waals surface area (Å²) in [4.78, 5) is 13.0. The average molecular weight is 419 g/mol. The van der Waals surface area contributed by atoms with E-state index in [-0.39, 0.29) is 0 Å². The van der Waals surface area contributed by atoms with E-state index in [4.69, 9.17) is 5.73 Å². The maximum Gasteiger partial charge on any atom is 0.163 e. The zero-order chi connectivity index (χ0) is 13.1. The molecule has 6 heteroatoms. The van der Waals surface area contributed by atoms with Gasteiger partial charge >= 0.3 is 0 Å². The Morgan fingerprint density at radius 2 is 2.11 bits per heavy atom. The van der Waals surface area contributed by atoms with Crippen LogP contribution < -0.4 is 5.73 Å². The summed E-state index contributed by atoms with van der Waals surface area (Å²) in [5, 5.41) is 0. The number of nitrogens with zero attached hydrogens (tertiary/aromatic N) is 3. The third-order valence-corrected chi connectivity index (χ3v) is 4.00. The predicted octanol–water partition coefficient (Wildman–Crippen LogP) is 3.44. The molecular formula is C12H12BrIN4. The van der Waals surface area contributed by atoms with Gasteiger partial charge in [0, 0.05) is 22.4 Å². The van der Waals surface area contributed by atoms with E-state index in [9.17, 15) is 0 Å². The fourth-order valence-corrected chi connectivity index (χ4v) is 2.45. The number of rotatable bonds is 3. The van der Waals surface area contributed by atoms with Crippen molar-refractivity contribution in [3.63, 3.8) is 0 Å². The minimum atomic E-state index is 0.532. The van der Waals surface area contributed by atoms with Gasteiger partial charge in [0.2, 0.25) is 0 Å². The standard InChI is InChI=1S/C12H12BrIN4/c1-2-3-9-10(14)11(15)18-12(17-9)7-4-8(13)6-16-5-7/h4-6H,2-3H2,1H3,(H2,15,17,18). The lowest BCUT2D eigenvalue weighted by atomic mass is 10.2. The molecule has 0 saturated carbocycles. The van der Waals surface area contributed by atoms with Crippen molar-refractivity contribution in [1.29, 1.82) is 0 Å². The fraction of sp³-hybridized carbons (Fsp3) is 0.250. The first kappa shape index (κ1) is 13.7. The zero-order valence-corrected chi connectivity index (χ0v) is 13.6. The molecule has 2 rings (SSSR count). The van der Waals surface area contributed by atoms with Gasteiger partial charge < -0.3 is 5.73 Å². The SMILES string of the molecule is CCCc1nc(-c2cncc(Br)c2)nc(N)c1I. The summed E-state index contributed by atoms with van der Waals surface area (Å²) >= 11 is 5.59. The molecule has 0 atom stereocenters. The molecule has 2 N–H and O–H groups in total. The molecule has 0 unspecified atom stereocenters. The summed E-state index contributed by atoms with van der Waals surface area (Å²) in [5.41, 5.74) is 7.80. The summed E-state index contributed by atoms with van der Waals surface area (Å²) in [7, 11) is 0. The molecular weight excluding hydrogens is 407 g/mol. The quantitative estimate of drug-likeness (QED) is 0.775. The Balaban J connectivity index is 2.51. The van der Waals surface area contributed by atoms with E-state index < -0.39 is 0 Å². The molecule has 0 fully saturated rings. The van der Waals surface area contributed by atoms with Gasteiger partial charge in [-0.1, -0.05) is 13.3 Å². The minimum absolute atomic E-state index is 0.532. The fourth-order valence-electron chi connectivity index (χ4n) is 1.58. The van der Waals surface area contributed by atoms with Crippen LogP contribution in [0, 0.1) is 3.57 Å². The van der Waals surface area contributed by atoms with Crippen LogP contribution in [0.25, 0.3) is 11.4 Å². The van der Waals surface area contributed by atoms with Crippen LogP contribution in [-0.2, 0) is 6.42 Å². The van der Waals surface area contributed by atoms with E-state index in [1.165, 1.54) is 0 Å². The third kappa shape index (κ3) is 2.97. The molecule has 0 aliphatic heterocycles. The molecule has 2 aromatic rings. The van der Waals surface area contributed by atoms with Gasteiger partial charge in [-0.05, 0) is 51.0 Å². The van der Waals surface area contributed by atoms with Crippen LogP contribution in [0.2, 0.25) is 0 Å². The molecule has 94 valence electrons. The Hall–Kier alpha value is -0.760. The minimum Gasteiger partial charge on any atom is -0.383 e. The Morgan fingerprint density at radius 1 is 1.33 bits per heavy atom.